The summed E-state index contributed by atoms with van der Waals surface area (Å²) in [6.07, 6.45) is -0.164. The summed E-state index contributed by atoms with van der Waals surface area (Å²) in [5.74, 6) is 0.0282. The van der Waals surface area contributed by atoms with Crippen molar-refractivity contribution in [1.82, 2.24) is 10.2 Å². The van der Waals surface area contributed by atoms with Crippen molar-refractivity contribution in [3.05, 3.63) is 0 Å². The fourth-order valence-electron chi connectivity index (χ4n) is 1.76. The first kappa shape index (κ1) is 13.4. The van der Waals surface area contributed by atoms with E-state index in [9.17, 15) is 4.79 Å². The molecule has 5 heteroatoms. The molecule has 0 aromatic heterocycles. The van der Waals surface area contributed by atoms with Gasteiger partial charge in [0.25, 0.3) is 0 Å². The molecular formula is C11H22N2O3. The smallest absolute Gasteiger partial charge is 0.234 e. The van der Waals surface area contributed by atoms with Crippen molar-refractivity contribution in [2.45, 2.75) is 39.0 Å². The minimum Gasteiger partial charge on any atom is -0.394 e. The van der Waals surface area contributed by atoms with Gasteiger partial charge in [-0.1, -0.05) is 0 Å². The lowest BCUT2D eigenvalue weighted by Gasteiger charge is -2.36. The number of aliphatic hydroxyl groups is 1. The molecule has 1 rings (SSSR count). The van der Waals surface area contributed by atoms with Gasteiger partial charge < -0.3 is 15.2 Å². The number of nitrogens with one attached hydrogen (secondary N) is 1. The van der Waals surface area contributed by atoms with Crippen molar-refractivity contribution in [1.29, 1.82) is 0 Å². The molecule has 16 heavy (non-hydrogen) atoms. The molecule has 2 N–H and O–H groups in total. The van der Waals surface area contributed by atoms with Gasteiger partial charge in [0, 0.05) is 18.6 Å². The molecule has 0 saturated carbocycles. The quantitative estimate of drug-likeness (QED) is 0.689. The molecule has 0 spiro atoms. The molecule has 0 bridgehead atoms. The second-order valence-corrected chi connectivity index (χ2v) is 4.64. The van der Waals surface area contributed by atoms with Gasteiger partial charge in [-0.15, -0.1) is 0 Å². The largest absolute Gasteiger partial charge is 0.394 e. The number of amides is 1. The van der Waals surface area contributed by atoms with Crippen molar-refractivity contribution in [2.24, 2.45) is 0 Å². The lowest BCUT2D eigenvalue weighted by Crippen LogP contribution is -2.53. The van der Waals surface area contributed by atoms with Crippen molar-refractivity contribution in [3.63, 3.8) is 0 Å². The van der Waals surface area contributed by atoms with Crippen LogP contribution in [0.3, 0.4) is 0 Å². The fraction of sp³-hybridized carbons (Fsp3) is 0.909. The number of hydrogen-bond donors (Lipinski definition) is 2. The van der Waals surface area contributed by atoms with Crippen LogP contribution in [0.4, 0.5) is 0 Å². The van der Waals surface area contributed by atoms with Gasteiger partial charge in [-0.05, 0) is 20.8 Å². The molecule has 0 aromatic rings. The zero-order valence-corrected chi connectivity index (χ0v) is 10.3. The predicted octanol–water partition coefficient (Wildman–Crippen LogP) is -0.407. The van der Waals surface area contributed by atoms with E-state index in [1.165, 1.54) is 0 Å². The van der Waals surface area contributed by atoms with E-state index in [-0.39, 0.29) is 30.7 Å². The van der Waals surface area contributed by atoms with Crippen LogP contribution in [-0.4, -0.2) is 60.4 Å². The van der Waals surface area contributed by atoms with Crippen LogP contribution in [0.5, 0.6) is 0 Å². The van der Waals surface area contributed by atoms with E-state index in [0.29, 0.717) is 19.7 Å². The standard InChI is InChI=1S/C11H22N2O3/c1-8(2)12-11(15)5-13-4-10(6-14)16-7-9(13)3/h8-10,14H,4-7H2,1-3H3,(H,12,15). The highest BCUT2D eigenvalue weighted by Gasteiger charge is 2.26. The summed E-state index contributed by atoms with van der Waals surface area (Å²) in [5.41, 5.74) is 0. The Hall–Kier alpha value is -0.650. The summed E-state index contributed by atoms with van der Waals surface area (Å²) in [6, 6.07) is 0.387. The zero-order chi connectivity index (χ0) is 12.1. The van der Waals surface area contributed by atoms with E-state index in [4.69, 9.17) is 9.84 Å². The molecule has 1 aliphatic rings. The van der Waals surface area contributed by atoms with E-state index in [1.807, 2.05) is 25.7 Å². The van der Waals surface area contributed by atoms with Crippen molar-refractivity contribution >= 4 is 5.91 Å². The summed E-state index contributed by atoms with van der Waals surface area (Å²) >= 11 is 0. The van der Waals surface area contributed by atoms with Gasteiger partial charge in [-0.3, -0.25) is 9.69 Å². The van der Waals surface area contributed by atoms with Crippen LogP contribution < -0.4 is 5.32 Å². The number of rotatable bonds is 4. The topological polar surface area (TPSA) is 61.8 Å². The average Bonchev–Trinajstić information content (AvgIpc) is 2.20. The Kier molecular flexibility index (Phi) is 5.18. The van der Waals surface area contributed by atoms with Gasteiger partial charge in [-0.2, -0.15) is 0 Å². The molecule has 5 nitrogen and oxygen atoms in total. The van der Waals surface area contributed by atoms with Crippen LogP contribution >= 0.6 is 0 Å². The highest BCUT2D eigenvalue weighted by atomic mass is 16.5. The van der Waals surface area contributed by atoms with Crippen LogP contribution in [0.1, 0.15) is 20.8 Å². The number of carbonyl (C=O) groups is 1. The third kappa shape index (κ3) is 4.08. The van der Waals surface area contributed by atoms with Crippen molar-refractivity contribution in [3.8, 4) is 0 Å². The second kappa shape index (κ2) is 6.18. The molecule has 0 aromatic carbocycles. The summed E-state index contributed by atoms with van der Waals surface area (Å²) in [7, 11) is 0. The van der Waals surface area contributed by atoms with E-state index < -0.39 is 0 Å². The molecule has 1 fully saturated rings. The van der Waals surface area contributed by atoms with Crippen molar-refractivity contribution in [2.75, 3.05) is 26.3 Å². The summed E-state index contributed by atoms with van der Waals surface area (Å²) in [4.78, 5) is 13.6. The van der Waals surface area contributed by atoms with Crippen LogP contribution in [0.15, 0.2) is 0 Å². The van der Waals surface area contributed by atoms with Gasteiger partial charge in [-0.25, -0.2) is 0 Å². The zero-order valence-electron chi connectivity index (χ0n) is 10.3. The van der Waals surface area contributed by atoms with Crippen molar-refractivity contribution < 1.29 is 14.6 Å². The first-order chi connectivity index (χ1) is 7.52. The third-order valence-electron chi connectivity index (χ3n) is 2.63. The third-order valence-corrected chi connectivity index (χ3v) is 2.63. The SMILES string of the molecule is CC(C)NC(=O)CN1CC(CO)OCC1C. The maximum Gasteiger partial charge on any atom is 0.234 e. The highest BCUT2D eigenvalue weighted by Crippen LogP contribution is 2.10. The molecule has 0 aliphatic carbocycles. The maximum atomic E-state index is 11.6. The van der Waals surface area contributed by atoms with E-state index in [0.717, 1.165) is 0 Å². The van der Waals surface area contributed by atoms with Crippen LogP contribution in [0.2, 0.25) is 0 Å². The van der Waals surface area contributed by atoms with Gasteiger partial charge in [0.05, 0.1) is 25.9 Å². The van der Waals surface area contributed by atoms with Crippen LogP contribution in [0.25, 0.3) is 0 Å². The summed E-state index contributed by atoms with van der Waals surface area (Å²) < 4.78 is 5.41. The Morgan fingerprint density at radius 1 is 1.62 bits per heavy atom. The second-order valence-electron chi connectivity index (χ2n) is 4.64. The monoisotopic (exact) mass is 230 g/mol. The Labute approximate surface area is 96.8 Å². The number of carbonyl (C=O) groups excluding carboxylic acids is 1. The molecule has 1 heterocycles. The lowest BCUT2D eigenvalue weighted by molar-refractivity contribution is -0.128. The number of nitrogens with zero attached hydrogens (tertiary/aromatic N) is 1. The van der Waals surface area contributed by atoms with E-state index >= 15 is 0 Å². The molecule has 0 radical (unpaired) electrons. The highest BCUT2D eigenvalue weighted by molar-refractivity contribution is 5.78. The van der Waals surface area contributed by atoms with Crippen LogP contribution in [0, 0.1) is 0 Å². The molecule has 2 unspecified atom stereocenters. The first-order valence-corrected chi connectivity index (χ1v) is 5.78. The Bertz CT molecular complexity index is 233. The number of hydrogen-bond acceptors (Lipinski definition) is 4. The number of aliphatic hydroxyl groups excluding tert-OH is 1. The minimum atomic E-state index is -0.164. The summed E-state index contributed by atoms with van der Waals surface area (Å²) in [5, 5.41) is 11.9. The number of morpholine rings is 1. The molecular weight excluding hydrogens is 208 g/mol. The van der Waals surface area contributed by atoms with Crippen LogP contribution in [-0.2, 0) is 9.53 Å². The molecule has 94 valence electrons. The molecule has 2 atom stereocenters. The average molecular weight is 230 g/mol. The minimum absolute atomic E-state index is 0.00895. The molecule has 1 saturated heterocycles. The fourth-order valence-corrected chi connectivity index (χ4v) is 1.76. The molecule has 1 aliphatic heterocycles. The van der Waals surface area contributed by atoms with Gasteiger partial charge >= 0.3 is 0 Å². The Morgan fingerprint density at radius 2 is 2.31 bits per heavy atom. The maximum absolute atomic E-state index is 11.6. The Balaban J connectivity index is 2.41. The number of ether oxygens (including phenoxy) is 1. The Morgan fingerprint density at radius 3 is 2.88 bits per heavy atom. The lowest BCUT2D eigenvalue weighted by atomic mass is 10.2. The van der Waals surface area contributed by atoms with E-state index in [2.05, 4.69) is 5.32 Å². The normalized spacial score (nSPS) is 27.1. The van der Waals surface area contributed by atoms with E-state index in [1.54, 1.807) is 0 Å². The van der Waals surface area contributed by atoms with Gasteiger partial charge in [0.1, 0.15) is 0 Å². The first-order valence-electron chi connectivity index (χ1n) is 5.78. The molecule has 1 amide bonds. The van der Waals surface area contributed by atoms with Gasteiger partial charge in [0.15, 0.2) is 0 Å². The predicted molar refractivity (Wildman–Crippen MR) is 61.1 cm³/mol. The van der Waals surface area contributed by atoms with Gasteiger partial charge in [0.2, 0.25) is 5.91 Å². The summed E-state index contributed by atoms with van der Waals surface area (Å²) in [6.45, 7) is 7.47.